The minimum absolute atomic E-state index is 0.00687. The summed E-state index contributed by atoms with van der Waals surface area (Å²) in [7, 11) is 0. The SMILES string of the molecule is CC1(C)c2ccccc2-c2ccc(-c3ccc4cc(-c5ccc6c(ccc7ccc8ccccc8c76)c5)ccc4c3)cc21. The van der Waals surface area contributed by atoms with Gasteiger partial charge in [0, 0.05) is 5.41 Å². The second kappa shape index (κ2) is 8.90. The summed E-state index contributed by atoms with van der Waals surface area (Å²) < 4.78 is 0. The van der Waals surface area contributed by atoms with Gasteiger partial charge in [-0.1, -0.05) is 135 Å². The van der Waals surface area contributed by atoms with E-state index in [1.165, 1.54) is 87.6 Å². The second-order valence-corrected chi connectivity index (χ2v) is 12.6. The molecule has 0 heteroatoms. The van der Waals surface area contributed by atoms with E-state index < -0.39 is 0 Å². The van der Waals surface area contributed by atoms with Crippen LogP contribution in [0.2, 0.25) is 0 Å². The van der Waals surface area contributed by atoms with Crippen molar-refractivity contribution in [2.75, 3.05) is 0 Å². The quantitative estimate of drug-likeness (QED) is 0.189. The lowest BCUT2D eigenvalue weighted by molar-refractivity contribution is 0.660. The number of fused-ring (bicyclic) bond motifs is 9. The Labute approximate surface area is 251 Å². The Bertz CT molecular complexity index is 2420. The Morgan fingerprint density at radius 3 is 1.65 bits per heavy atom. The van der Waals surface area contributed by atoms with E-state index in [2.05, 4.69) is 159 Å². The first-order valence-electron chi connectivity index (χ1n) is 15.2. The molecule has 0 aliphatic heterocycles. The third kappa shape index (κ3) is 3.63. The molecular weight excluding hydrogens is 516 g/mol. The molecule has 0 nitrogen and oxygen atoms in total. The fraction of sp³-hybridized carbons (Fsp3) is 0.0698. The number of hydrogen-bond donors (Lipinski definition) is 0. The summed E-state index contributed by atoms with van der Waals surface area (Å²) in [6.07, 6.45) is 0. The lowest BCUT2D eigenvalue weighted by Crippen LogP contribution is -2.14. The molecule has 0 bridgehead atoms. The van der Waals surface area contributed by atoms with Gasteiger partial charge >= 0.3 is 0 Å². The molecule has 0 heterocycles. The van der Waals surface area contributed by atoms with Crippen molar-refractivity contribution in [2.24, 2.45) is 0 Å². The van der Waals surface area contributed by atoms with Gasteiger partial charge in [-0.3, -0.25) is 0 Å². The highest BCUT2D eigenvalue weighted by atomic mass is 14.4. The maximum absolute atomic E-state index is 2.41. The first-order chi connectivity index (χ1) is 21.0. The zero-order valence-electron chi connectivity index (χ0n) is 24.4. The van der Waals surface area contributed by atoms with E-state index in [0.29, 0.717) is 0 Å². The minimum atomic E-state index is 0.00687. The Kier molecular flexibility index (Phi) is 5.05. The van der Waals surface area contributed by atoms with Crippen molar-refractivity contribution < 1.29 is 0 Å². The predicted molar refractivity (Wildman–Crippen MR) is 185 cm³/mol. The molecule has 0 fully saturated rings. The monoisotopic (exact) mass is 546 g/mol. The average molecular weight is 547 g/mol. The molecule has 43 heavy (non-hydrogen) atoms. The van der Waals surface area contributed by atoms with Crippen LogP contribution in [0, 0.1) is 0 Å². The van der Waals surface area contributed by atoms with Crippen LogP contribution in [0.5, 0.6) is 0 Å². The molecule has 0 unspecified atom stereocenters. The molecule has 1 aliphatic rings. The number of rotatable bonds is 2. The molecule has 202 valence electrons. The van der Waals surface area contributed by atoms with Gasteiger partial charge in [0.15, 0.2) is 0 Å². The van der Waals surface area contributed by atoms with Crippen molar-refractivity contribution in [3.63, 3.8) is 0 Å². The molecule has 0 saturated carbocycles. The molecule has 0 N–H and O–H groups in total. The molecule has 0 aromatic heterocycles. The van der Waals surface area contributed by atoms with E-state index in [1.54, 1.807) is 0 Å². The van der Waals surface area contributed by atoms with Gasteiger partial charge in [-0.15, -0.1) is 0 Å². The van der Waals surface area contributed by atoms with Crippen LogP contribution in [0.4, 0.5) is 0 Å². The summed E-state index contributed by atoms with van der Waals surface area (Å²) in [5.74, 6) is 0. The third-order valence-electron chi connectivity index (χ3n) is 9.82. The maximum Gasteiger partial charge on any atom is 0.0159 e. The minimum Gasteiger partial charge on any atom is -0.0619 e. The van der Waals surface area contributed by atoms with Crippen LogP contribution in [-0.4, -0.2) is 0 Å². The molecule has 1 aliphatic carbocycles. The highest BCUT2D eigenvalue weighted by molar-refractivity contribution is 6.20. The summed E-state index contributed by atoms with van der Waals surface area (Å²) in [5, 5.41) is 10.3. The van der Waals surface area contributed by atoms with E-state index in [-0.39, 0.29) is 5.41 Å². The number of hydrogen-bond acceptors (Lipinski definition) is 0. The van der Waals surface area contributed by atoms with Gasteiger partial charge in [-0.25, -0.2) is 0 Å². The Balaban J connectivity index is 1.10. The highest BCUT2D eigenvalue weighted by Gasteiger charge is 2.35. The lowest BCUT2D eigenvalue weighted by atomic mass is 9.81. The smallest absolute Gasteiger partial charge is 0.0159 e. The van der Waals surface area contributed by atoms with E-state index in [9.17, 15) is 0 Å². The van der Waals surface area contributed by atoms with Crippen molar-refractivity contribution in [1.29, 1.82) is 0 Å². The summed E-state index contributed by atoms with van der Waals surface area (Å²) in [6.45, 7) is 4.70. The summed E-state index contributed by atoms with van der Waals surface area (Å²) in [6, 6.07) is 54.3. The standard InChI is InChI=1S/C43H30/c1-43(2)40-10-6-5-9-38(40)39-22-20-34(26-41(39)43)32-17-16-29-23-31(15-14-30(29)24-32)33-19-21-37-35(25-33)18-13-28-12-11-27-7-3-4-8-36(27)42(28)37/h3-26H,1-2H3. The van der Waals surface area contributed by atoms with Crippen LogP contribution in [0.3, 0.4) is 0 Å². The fourth-order valence-corrected chi connectivity index (χ4v) is 7.50. The zero-order valence-corrected chi connectivity index (χ0v) is 24.4. The fourth-order valence-electron chi connectivity index (χ4n) is 7.50. The molecule has 0 saturated heterocycles. The molecule has 0 radical (unpaired) electrons. The molecular formula is C43H30. The van der Waals surface area contributed by atoms with Crippen LogP contribution < -0.4 is 0 Å². The zero-order chi connectivity index (χ0) is 28.7. The van der Waals surface area contributed by atoms with Gasteiger partial charge in [0.2, 0.25) is 0 Å². The largest absolute Gasteiger partial charge is 0.0619 e. The van der Waals surface area contributed by atoms with Crippen molar-refractivity contribution in [2.45, 2.75) is 19.3 Å². The van der Waals surface area contributed by atoms with Crippen LogP contribution in [0.25, 0.3) is 76.5 Å². The third-order valence-corrected chi connectivity index (χ3v) is 9.82. The second-order valence-electron chi connectivity index (χ2n) is 12.6. The van der Waals surface area contributed by atoms with Crippen molar-refractivity contribution in [3.8, 4) is 33.4 Å². The Morgan fingerprint density at radius 1 is 0.349 bits per heavy atom. The molecule has 0 atom stereocenters. The number of benzene rings is 8. The first kappa shape index (κ1) is 24.4. The van der Waals surface area contributed by atoms with Gasteiger partial charge in [0.1, 0.15) is 0 Å². The van der Waals surface area contributed by atoms with Gasteiger partial charge in [0.25, 0.3) is 0 Å². The Hall–Kier alpha value is -5.20. The topological polar surface area (TPSA) is 0 Å². The predicted octanol–water partition coefficient (Wildman–Crippen LogP) is 11.9. The lowest BCUT2D eigenvalue weighted by Gasteiger charge is -2.22. The van der Waals surface area contributed by atoms with Crippen molar-refractivity contribution in [3.05, 3.63) is 157 Å². The van der Waals surface area contributed by atoms with Crippen LogP contribution >= 0.6 is 0 Å². The van der Waals surface area contributed by atoms with Crippen LogP contribution in [0.15, 0.2) is 146 Å². The van der Waals surface area contributed by atoms with Gasteiger partial charge < -0.3 is 0 Å². The Morgan fingerprint density at radius 2 is 0.860 bits per heavy atom. The van der Waals surface area contributed by atoms with E-state index >= 15 is 0 Å². The van der Waals surface area contributed by atoms with Crippen molar-refractivity contribution >= 4 is 43.1 Å². The van der Waals surface area contributed by atoms with Gasteiger partial charge in [0.05, 0.1) is 0 Å². The van der Waals surface area contributed by atoms with Gasteiger partial charge in [-0.2, -0.15) is 0 Å². The van der Waals surface area contributed by atoms with E-state index in [4.69, 9.17) is 0 Å². The molecule has 8 aromatic rings. The average Bonchev–Trinajstić information content (AvgIpc) is 3.29. The normalized spacial score (nSPS) is 13.5. The molecule has 0 spiro atoms. The van der Waals surface area contributed by atoms with E-state index in [1.807, 2.05) is 0 Å². The first-order valence-corrected chi connectivity index (χ1v) is 15.2. The molecule has 8 aromatic carbocycles. The summed E-state index contributed by atoms with van der Waals surface area (Å²) >= 11 is 0. The summed E-state index contributed by atoms with van der Waals surface area (Å²) in [5.41, 5.74) is 10.6. The molecule has 0 amide bonds. The van der Waals surface area contributed by atoms with E-state index in [0.717, 1.165) is 0 Å². The molecule has 9 rings (SSSR count). The summed E-state index contributed by atoms with van der Waals surface area (Å²) in [4.78, 5) is 0. The van der Waals surface area contributed by atoms with Gasteiger partial charge in [-0.05, 0) is 112 Å². The van der Waals surface area contributed by atoms with Crippen LogP contribution in [-0.2, 0) is 5.41 Å². The maximum atomic E-state index is 2.41. The van der Waals surface area contributed by atoms with Crippen molar-refractivity contribution in [1.82, 2.24) is 0 Å². The van der Waals surface area contributed by atoms with Crippen LogP contribution in [0.1, 0.15) is 25.0 Å². The highest BCUT2D eigenvalue weighted by Crippen LogP contribution is 2.49.